The third-order valence-electron chi connectivity index (χ3n) is 3.50. The minimum atomic E-state index is -0.576. The van der Waals surface area contributed by atoms with E-state index in [0.29, 0.717) is 5.69 Å². The van der Waals surface area contributed by atoms with Crippen LogP contribution in [0.1, 0.15) is 45.6 Å². The summed E-state index contributed by atoms with van der Waals surface area (Å²) in [5.41, 5.74) is 6.90. The molecular formula is C16H24N2O3. The first-order valence-corrected chi connectivity index (χ1v) is 7.28. The Morgan fingerprint density at radius 2 is 2.10 bits per heavy atom. The number of benzene rings is 1. The minimum absolute atomic E-state index is 0.00333. The summed E-state index contributed by atoms with van der Waals surface area (Å²) in [5, 5.41) is 12.4. The summed E-state index contributed by atoms with van der Waals surface area (Å²) < 4.78 is 5.18. The standard InChI is InChI=1S/C16H24N2O3/c1-15(2,3)21-14(20)18-12-10-11(4-5-13(12)19)6-7-16(17)8-9-16/h4-5,10,19H,6-9,17H2,1-3H3,(H,18,20). The van der Waals surface area contributed by atoms with Gasteiger partial charge >= 0.3 is 6.09 Å². The van der Waals surface area contributed by atoms with Crippen molar-refractivity contribution in [2.24, 2.45) is 5.73 Å². The van der Waals surface area contributed by atoms with Gasteiger partial charge in [-0.25, -0.2) is 4.79 Å². The van der Waals surface area contributed by atoms with Gasteiger partial charge in [-0.2, -0.15) is 0 Å². The predicted octanol–water partition coefficient (Wildman–Crippen LogP) is 3.16. The normalized spacial score (nSPS) is 16.4. The topological polar surface area (TPSA) is 84.6 Å². The van der Waals surface area contributed by atoms with E-state index < -0.39 is 11.7 Å². The number of ether oxygens (including phenoxy) is 1. The molecule has 0 radical (unpaired) electrons. The summed E-state index contributed by atoms with van der Waals surface area (Å²) in [5.74, 6) is 0.0264. The molecule has 1 aliphatic rings. The van der Waals surface area contributed by atoms with Gasteiger partial charge in [0.25, 0.3) is 0 Å². The Morgan fingerprint density at radius 1 is 1.43 bits per heavy atom. The van der Waals surface area contributed by atoms with Crippen LogP contribution in [0.25, 0.3) is 0 Å². The van der Waals surface area contributed by atoms with Crippen LogP contribution >= 0.6 is 0 Å². The third kappa shape index (κ3) is 4.93. The maximum absolute atomic E-state index is 11.8. The molecule has 1 saturated carbocycles. The number of carbonyl (C=O) groups excluding carboxylic acids is 1. The SMILES string of the molecule is CC(C)(C)OC(=O)Nc1cc(CCC2(N)CC2)ccc1O. The number of phenolic OH excluding ortho intramolecular Hbond substituents is 1. The van der Waals surface area contributed by atoms with E-state index in [0.717, 1.165) is 31.2 Å². The van der Waals surface area contributed by atoms with Crippen LogP contribution in [0.15, 0.2) is 18.2 Å². The van der Waals surface area contributed by atoms with Gasteiger partial charge in [0.2, 0.25) is 0 Å². The molecule has 116 valence electrons. The van der Waals surface area contributed by atoms with Gasteiger partial charge < -0.3 is 15.6 Å². The lowest BCUT2D eigenvalue weighted by Crippen LogP contribution is -2.27. The van der Waals surface area contributed by atoms with Gasteiger partial charge in [-0.05, 0) is 64.2 Å². The molecule has 1 aromatic carbocycles. The fraction of sp³-hybridized carbons (Fsp3) is 0.562. The molecular weight excluding hydrogens is 268 g/mol. The molecule has 1 fully saturated rings. The summed E-state index contributed by atoms with van der Waals surface area (Å²) in [7, 11) is 0. The Balaban J connectivity index is 1.99. The summed E-state index contributed by atoms with van der Waals surface area (Å²) in [6.07, 6.45) is 3.33. The molecule has 0 bridgehead atoms. The van der Waals surface area contributed by atoms with Crippen LogP contribution < -0.4 is 11.1 Å². The van der Waals surface area contributed by atoms with Crippen LogP contribution in [0, 0.1) is 0 Å². The number of aryl methyl sites for hydroxylation is 1. The first kappa shape index (κ1) is 15.6. The van der Waals surface area contributed by atoms with Crippen LogP contribution in [0.4, 0.5) is 10.5 Å². The maximum atomic E-state index is 11.8. The van der Waals surface area contributed by atoms with Crippen molar-refractivity contribution in [1.29, 1.82) is 0 Å². The molecule has 4 N–H and O–H groups in total. The van der Waals surface area contributed by atoms with Gasteiger partial charge in [0.15, 0.2) is 0 Å². The lowest BCUT2D eigenvalue weighted by atomic mass is 10.0. The summed E-state index contributed by atoms with van der Waals surface area (Å²) in [4.78, 5) is 11.8. The Hall–Kier alpha value is -1.75. The molecule has 0 spiro atoms. The number of hydrogen-bond acceptors (Lipinski definition) is 4. The number of hydrogen-bond donors (Lipinski definition) is 3. The number of phenols is 1. The summed E-state index contributed by atoms with van der Waals surface area (Å²) in [6.45, 7) is 5.37. The van der Waals surface area contributed by atoms with Crippen LogP contribution in [0.3, 0.4) is 0 Å². The van der Waals surface area contributed by atoms with Gasteiger partial charge in [-0.1, -0.05) is 6.07 Å². The van der Waals surface area contributed by atoms with E-state index in [4.69, 9.17) is 10.5 Å². The molecule has 0 saturated heterocycles. The third-order valence-corrected chi connectivity index (χ3v) is 3.50. The zero-order chi connectivity index (χ0) is 15.7. The first-order chi connectivity index (χ1) is 9.67. The highest BCUT2D eigenvalue weighted by Gasteiger charge is 2.37. The number of carbonyl (C=O) groups is 1. The fourth-order valence-corrected chi connectivity index (χ4v) is 2.06. The number of anilines is 1. The second-order valence-electron chi connectivity index (χ2n) is 6.84. The zero-order valence-electron chi connectivity index (χ0n) is 12.9. The molecule has 0 aliphatic heterocycles. The predicted molar refractivity (Wildman–Crippen MR) is 82.4 cm³/mol. The van der Waals surface area contributed by atoms with Gasteiger partial charge in [-0.15, -0.1) is 0 Å². The highest BCUT2D eigenvalue weighted by molar-refractivity contribution is 5.87. The van der Waals surface area contributed by atoms with Crippen LogP contribution in [-0.2, 0) is 11.2 Å². The number of rotatable bonds is 4. The average Bonchev–Trinajstić information content (AvgIpc) is 3.06. The van der Waals surface area contributed by atoms with E-state index in [1.165, 1.54) is 0 Å². The lowest BCUT2D eigenvalue weighted by molar-refractivity contribution is 0.0635. The van der Waals surface area contributed by atoms with Gasteiger partial charge in [0.05, 0.1) is 5.69 Å². The number of nitrogens with two attached hydrogens (primary N) is 1. The average molecular weight is 292 g/mol. The van der Waals surface area contributed by atoms with Crippen molar-refractivity contribution in [1.82, 2.24) is 0 Å². The quantitative estimate of drug-likeness (QED) is 0.744. The fourth-order valence-electron chi connectivity index (χ4n) is 2.06. The second kappa shape index (κ2) is 5.56. The molecule has 1 aliphatic carbocycles. The van der Waals surface area contributed by atoms with Crippen molar-refractivity contribution in [2.75, 3.05) is 5.32 Å². The maximum Gasteiger partial charge on any atom is 0.412 e. The molecule has 1 aromatic rings. The molecule has 21 heavy (non-hydrogen) atoms. The molecule has 0 aromatic heterocycles. The van der Waals surface area contributed by atoms with E-state index in [1.54, 1.807) is 32.9 Å². The molecule has 1 amide bonds. The van der Waals surface area contributed by atoms with E-state index in [2.05, 4.69) is 5.32 Å². The van der Waals surface area contributed by atoms with E-state index in [9.17, 15) is 9.90 Å². The Labute approximate surface area is 125 Å². The minimum Gasteiger partial charge on any atom is -0.506 e. The Bertz CT molecular complexity index is 531. The van der Waals surface area contributed by atoms with Gasteiger partial charge in [0, 0.05) is 5.54 Å². The van der Waals surface area contributed by atoms with Crippen molar-refractivity contribution >= 4 is 11.8 Å². The van der Waals surface area contributed by atoms with Crippen molar-refractivity contribution in [2.45, 2.75) is 57.6 Å². The summed E-state index contributed by atoms with van der Waals surface area (Å²) >= 11 is 0. The van der Waals surface area contributed by atoms with E-state index in [1.807, 2.05) is 6.07 Å². The summed E-state index contributed by atoms with van der Waals surface area (Å²) in [6, 6.07) is 5.20. The van der Waals surface area contributed by atoms with Crippen molar-refractivity contribution in [3.05, 3.63) is 23.8 Å². The number of amides is 1. The van der Waals surface area contributed by atoms with E-state index >= 15 is 0 Å². The molecule has 0 atom stereocenters. The van der Waals surface area contributed by atoms with Crippen LogP contribution in [0.2, 0.25) is 0 Å². The van der Waals surface area contributed by atoms with Crippen molar-refractivity contribution in [3.8, 4) is 5.75 Å². The van der Waals surface area contributed by atoms with Crippen molar-refractivity contribution in [3.63, 3.8) is 0 Å². The monoisotopic (exact) mass is 292 g/mol. The molecule has 5 heteroatoms. The Morgan fingerprint density at radius 3 is 2.67 bits per heavy atom. The highest BCUT2D eigenvalue weighted by atomic mass is 16.6. The Kier molecular flexibility index (Phi) is 4.14. The van der Waals surface area contributed by atoms with Crippen LogP contribution in [-0.4, -0.2) is 22.3 Å². The number of aromatic hydroxyl groups is 1. The van der Waals surface area contributed by atoms with Crippen molar-refractivity contribution < 1.29 is 14.6 Å². The van der Waals surface area contributed by atoms with E-state index in [-0.39, 0.29) is 11.3 Å². The number of nitrogens with one attached hydrogen (secondary N) is 1. The molecule has 0 heterocycles. The molecule has 5 nitrogen and oxygen atoms in total. The van der Waals surface area contributed by atoms with Gasteiger partial charge in [-0.3, -0.25) is 5.32 Å². The van der Waals surface area contributed by atoms with Crippen LogP contribution in [0.5, 0.6) is 5.75 Å². The largest absolute Gasteiger partial charge is 0.506 e. The smallest absolute Gasteiger partial charge is 0.412 e. The van der Waals surface area contributed by atoms with Gasteiger partial charge in [0.1, 0.15) is 11.4 Å². The molecule has 2 rings (SSSR count). The lowest BCUT2D eigenvalue weighted by Gasteiger charge is -2.20. The zero-order valence-corrected chi connectivity index (χ0v) is 12.9. The highest BCUT2D eigenvalue weighted by Crippen LogP contribution is 2.37. The first-order valence-electron chi connectivity index (χ1n) is 7.28. The molecule has 0 unspecified atom stereocenters. The second-order valence-corrected chi connectivity index (χ2v) is 6.84.